The number of hydrogen-bond donors (Lipinski definition) is 2. The van der Waals surface area contributed by atoms with Gasteiger partial charge < -0.3 is 15.3 Å². The van der Waals surface area contributed by atoms with E-state index in [2.05, 4.69) is 30.8 Å². The number of anilines is 1. The Morgan fingerprint density at radius 2 is 2.24 bits per heavy atom. The zero-order valence-electron chi connectivity index (χ0n) is 14.2. The quantitative estimate of drug-likeness (QED) is 0.704. The van der Waals surface area contributed by atoms with Crippen LogP contribution in [0.2, 0.25) is 0 Å². The number of hydrogen-bond acceptors (Lipinski definition) is 8. The molecule has 0 radical (unpaired) electrons. The Kier molecular flexibility index (Phi) is 6.03. The SMILES string of the molecule is CSCC[C@H](CO)NC(=O)C1CCN(c2ccc3nnnn3n2)CC1. The molecule has 1 atom stereocenters. The van der Waals surface area contributed by atoms with Gasteiger partial charge in [0.25, 0.3) is 0 Å². The summed E-state index contributed by atoms with van der Waals surface area (Å²) in [7, 11) is 0. The standard InChI is InChI=1S/C15H23N7O2S/c1-25-9-6-12(10-23)16-15(24)11-4-7-21(8-5-11)14-3-2-13-17-19-20-22(13)18-14/h2-3,11-12,23H,4-10H2,1H3,(H,16,24)/t12-/m1/s1. The normalized spacial score (nSPS) is 17.0. The van der Waals surface area contributed by atoms with E-state index in [-0.39, 0.29) is 24.5 Å². The van der Waals surface area contributed by atoms with Gasteiger partial charge in [-0.05, 0) is 53.8 Å². The molecule has 2 aromatic rings. The fourth-order valence-electron chi connectivity index (χ4n) is 2.97. The van der Waals surface area contributed by atoms with Crippen molar-refractivity contribution >= 4 is 29.1 Å². The van der Waals surface area contributed by atoms with Crippen LogP contribution in [0.3, 0.4) is 0 Å². The van der Waals surface area contributed by atoms with Crippen LogP contribution in [0.5, 0.6) is 0 Å². The number of piperidine rings is 1. The highest BCUT2D eigenvalue weighted by atomic mass is 32.2. The van der Waals surface area contributed by atoms with Crippen molar-refractivity contribution in [1.29, 1.82) is 0 Å². The highest BCUT2D eigenvalue weighted by Gasteiger charge is 2.27. The van der Waals surface area contributed by atoms with E-state index in [0.717, 1.165) is 43.9 Å². The maximum atomic E-state index is 12.4. The summed E-state index contributed by atoms with van der Waals surface area (Å²) in [6, 6.07) is 3.58. The van der Waals surface area contributed by atoms with Crippen LogP contribution < -0.4 is 10.2 Å². The molecule has 0 aromatic carbocycles. The third-order valence-corrected chi connectivity index (χ3v) is 5.13. The monoisotopic (exact) mass is 365 g/mol. The summed E-state index contributed by atoms with van der Waals surface area (Å²) in [5.74, 6) is 1.77. The van der Waals surface area contributed by atoms with E-state index >= 15 is 0 Å². The van der Waals surface area contributed by atoms with Gasteiger partial charge in [0.2, 0.25) is 5.91 Å². The first-order chi connectivity index (χ1) is 12.2. The van der Waals surface area contributed by atoms with Gasteiger partial charge in [-0.1, -0.05) is 0 Å². The van der Waals surface area contributed by atoms with Crippen LogP contribution >= 0.6 is 11.8 Å². The van der Waals surface area contributed by atoms with Crippen LogP contribution in [0, 0.1) is 5.92 Å². The number of fused-ring (bicyclic) bond motifs is 1. The van der Waals surface area contributed by atoms with E-state index in [9.17, 15) is 9.90 Å². The average molecular weight is 365 g/mol. The lowest BCUT2D eigenvalue weighted by Gasteiger charge is -2.32. The Morgan fingerprint density at radius 1 is 1.44 bits per heavy atom. The number of rotatable bonds is 7. The molecule has 0 unspecified atom stereocenters. The Hall–Kier alpha value is -1.94. The van der Waals surface area contributed by atoms with Crippen LogP contribution in [-0.4, -0.2) is 74.0 Å². The second-order valence-corrected chi connectivity index (χ2v) is 7.13. The molecule has 1 saturated heterocycles. The van der Waals surface area contributed by atoms with Crippen molar-refractivity contribution in [2.75, 3.05) is 36.6 Å². The van der Waals surface area contributed by atoms with Gasteiger partial charge in [-0.15, -0.1) is 14.8 Å². The number of carbonyl (C=O) groups is 1. The topological polar surface area (TPSA) is 109 Å². The first-order valence-electron chi connectivity index (χ1n) is 8.42. The van der Waals surface area contributed by atoms with E-state index in [4.69, 9.17) is 0 Å². The minimum absolute atomic E-state index is 0.0129. The van der Waals surface area contributed by atoms with Gasteiger partial charge in [-0.25, -0.2) is 0 Å². The van der Waals surface area contributed by atoms with Gasteiger partial charge >= 0.3 is 0 Å². The van der Waals surface area contributed by atoms with E-state index in [0.29, 0.717) is 5.65 Å². The van der Waals surface area contributed by atoms with Gasteiger partial charge in [-0.3, -0.25) is 4.79 Å². The second-order valence-electron chi connectivity index (χ2n) is 6.15. The molecule has 0 spiro atoms. The minimum Gasteiger partial charge on any atom is -0.394 e. The maximum Gasteiger partial charge on any atom is 0.223 e. The Morgan fingerprint density at radius 3 is 2.96 bits per heavy atom. The van der Waals surface area contributed by atoms with Crippen molar-refractivity contribution in [1.82, 2.24) is 30.6 Å². The predicted molar refractivity (Wildman–Crippen MR) is 95.5 cm³/mol. The van der Waals surface area contributed by atoms with Crippen LogP contribution in [0.4, 0.5) is 5.82 Å². The first-order valence-corrected chi connectivity index (χ1v) is 9.81. The Labute approximate surface area is 150 Å². The van der Waals surface area contributed by atoms with Crippen molar-refractivity contribution in [2.45, 2.75) is 25.3 Å². The molecule has 10 heteroatoms. The van der Waals surface area contributed by atoms with Crippen LogP contribution in [0.1, 0.15) is 19.3 Å². The molecule has 1 aliphatic heterocycles. The molecule has 3 heterocycles. The summed E-state index contributed by atoms with van der Waals surface area (Å²) < 4.78 is 1.41. The van der Waals surface area contributed by atoms with Gasteiger partial charge in [0.05, 0.1) is 12.6 Å². The van der Waals surface area contributed by atoms with Crippen molar-refractivity contribution in [3.63, 3.8) is 0 Å². The van der Waals surface area contributed by atoms with E-state index < -0.39 is 0 Å². The fourth-order valence-corrected chi connectivity index (χ4v) is 3.49. The zero-order chi connectivity index (χ0) is 17.6. The van der Waals surface area contributed by atoms with Gasteiger partial charge in [-0.2, -0.15) is 11.8 Å². The van der Waals surface area contributed by atoms with Crippen LogP contribution in [-0.2, 0) is 4.79 Å². The molecule has 25 heavy (non-hydrogen) atoms. The number of nitrogens with one attached hydrogen (secondary N) is 1. The summed E-state index contributed by atoms with van der Waals surface area (Å²) in [5, 5.41) is 28.0. The number of thioether (sulfide) groups is 1. The Balaban J connectivity index is 1.53. The fraction of sp³-hybridized carbons (Fsp3) is 0.667. The number of aromatic nitrogens is 5. The molecule has 1 amide bonds. The molecule has 0 bridgehead atoms. The van der Waals surface area contributed by atoms with E-state index in [1.54, 1.807) is 11.8 Å². The second kappa shape index (κ2) is 8.43. The molecule has 0 saturated carbocycles. The number of amides is 1. The lowest BCUT2D eigenvalue weighted by molar-refractivity contribution is -0.126. The molecule has 136 valence electrons. The molecule has 1 fully saturated rings. The van der Waals surface area contributed by atoms with Crippen molar-refractivity contribution in [3.8, 4) is 0 Å². The maximum absolute atomic E-state index is 12.4. The molecule has 2 N–H and O–H groups in total. The lowest BCUT2D eigenvalue weighted by Crippen LogP contribution is -2.45. The van der Waals surface area contributed by atoms with E-state index in [1.165, 1.54) is 4.63 Å². The zero-order valence-corrected chi connectivity index (χ0v) is 15.0. The van der Waals surface area contributed by atoms with Gasteiger partial charge in [0, 0.05) is 19.0 Å². The van der Waals surface area contributed by atoms with Crippen molar-refractivity contribution < 1.29 is 9.90 Å². The highest BCUT2D eigenvalue weighted by molar-refractivity contribution is 7.98. The smallest absolute Gasteiger partial charge is 0.223 e. The summed E-state index contributed by atoms with van der Waals surface area (Å²) >= 11 is 1.72. The van der Waals surface area contributed by atoms with Crippen LogP contribution in [0.25, 0.3) is 5.65 Å². The Bertz CT molecular complexity index is 702. The summed E-state index contributed by atoms with van der Waals surface area (Å²) in [5.41, 5.74) is 0.610. The van der Waals surface area contributed by atoms with E-state index in [1.807, 2.05) is 18.4 Å². The number of tetrazole rings is 1. The largest absolute Gasteiger partial charge is 0.394 e. The molecule has 3 rings (SSSR count). The molecule has 2 aromatic heterocycles. The number of aliphatic hydroxyl groups is 1. The third-order valence-electron chi connectivity index (χ3n) is 4.48. The van der Waals surface area contributed by atoms with Crippen molar-refractivity contribution in [3.05, 3.63) is 12.1 Å². The number of nitrogens with zero attached hydrogens (tertiary/aromatic N) is 6. The average Bonchev–Trinajstić information content (AvgIpc) is 3.12. The van der Waals surface area contributed by atoms with Crippen molar-refractivity contribution in [2.24, 2.45) is 5.92 Å². The number of carbonyl (C=O) groups excluding carboxylic acids is 1. The summed E-state index contributed by atoms with van der Waals surface area (Å²) in [6.07, 6.45) is 4.34. The van der Waals surface area contributed by atoms with Gasteiger partial charge in [0.15, 0.2) is 11.5 Å². The van der Waals surface area contributed by atoms with Gasteiger partial charge in [0.1, 0.15) is 0 Å². The lowest BCUT2D eigenvalue weighted by atomic mass is 9.95. The molecule has 9 nitrogen and oxygen atoms in total. The van der Waals surface area contributed by atoms with Crippen LogP contribution in [0.15, 0.2) is 12.1 Å². The minimum atomic E-state index is -0.151. The first kappa shape index (κ1) is 17.9. The molecule has 0 aliphatic carbocycles. The molecular weight excluding hydrogens is 342 g/mol. The predicted octanol–water partition coefficient (Wildman–Crippen LogP) is -0.0341. The number of aliphatic hydroxyl groups excluding tert-OH is 1. The molecule has 1 aliphatic rings. The molecular formula is C15H23N7O2S. The summed E-state index contributed by atoms with van der Waals surface area (Å²) in [6.45, 7) is 1.50. The third kappa shape index (κ3) is 4.37. The highest BCUT2D eigenvalue weighted by Crippen LogP contribution is 2.22. The summed E-state index contributed by atoms with van der Waals surface area (Å²) in [4.78, 5) is 14.6.